The second-order valence-corrected chi connectivity index (χ2v) is 6.73. The first kappa shape index (κ1) is 19.3. The van der Waals surface area contributed by atoms with Gasteiger partial charge in [-0.3, -0.25) is 9.78 Å². The SMILES string of the molecule is COc1ccc(C(NC(=O)/C=C/c2cnc3ccccc3n2)c2nccn2C)cc1. The molecule has 0 aliphatic carbocycles. The van der Waals surface area contributed by atoms with Gasteiger partial charge < -0.3 is 14.6 Å². The van der Waals surface area contributed by atoms with Crippen LogP contribution in [0.4, 0.5) is 0 Å². The van der Waals surface area contributed by atoms with Crippen LogP contribution in [0, 0.1) is 0 Å². The predicted octanol–water partition coefficient (Wildman–Crippen LogP) is 3.29. The molecular weight excluding hydrogens is 378 g/mol. The van der Waals surface area contributed by atoms with Gasteiger partial charge in [-0.05, 0) is 35.9 Å². The number of hydrogen-bond acceptors (Lipinski definition) is 5. The normalized spacial score (nSPS) is 12.2. The van der Waals surface area contributed by atoms with E-state index < -0.39 is 6.04 Å². The van der Waals surface area contributed by atoms with Gasteiger partial charge in [0.2, 0.25) is 5.91 Å². The average molecular weight is 399 g/mol. The van der Waals surface area contributed by atoms with Crippen molar-refractivity contribution in [2.24, 2.45) is 7.05 Å². The summed E-state index contributed by atoms with van der Waals surface area (Å²) in [5, 5.41) is 3.02. The van der Waals surface area contributed by atoms with E-state index in [1.807, 2.05) is 66.3 Å². The number of aromatic nitrogens is 4. The quantitative estimate of drug-likeness (QED) is 0.503. The van der Waals surface area contributed by atoms with Crippen molar-refractivity contribution in [3.8, 4) is 5.75 Å². The molecule has 0 spiro atoms. The van der Waals surface area contributed by atoms with E-state index >= 15 is 0 Å². The second kappa shape index (κ2) is 8.57. The Morgan fingerprint density at radius 2 is 1.87 bits per heavy atom. The smallest absolute Gasteiger partial charge is 0.244 e. The molecule has 0 fully saturated rings. The summed E-state index contributed by atoms with van der Waals surface area (Å²) in [5.41, 5.74) is 3.11. The Bertz CT molecular complexity index is 1200. The molecule has 150 valence electrons. The number of hydrogen-bond donors (Lipinski definition) is 1. The van der Waals surface area contributed by atoms with Crippen LogP contribution in [0.25, 0.3) is 17.1 Å². The van der Waals surface area contributed by atoms with Gasteiger partial charge in [-0.1, -0.05) is 24.3 Å². The van der Waals surface area contributed by atoms with Crippen molar-refractivity contribution in [1.82, 2.24) is 24.8 Å². The molecule has 0 saturated heterocycles. The summed E-state index contributed by atoms with van der Waals surface area (Å²) in [6.45, 7) is 0. The predicted molar refractivity (Wildman–Crippen MR) is 115 cm³/mol. The van der Waals surface area contributed by atoms with Gasteiger partial charge in [0, 0.05) is 25.5 Å². The highest BCUT2D eigenvalue weighted by atomic mass is 16.5. The molecule has 4 rings (SSSR count). The molecule has 0 saturated carbocycles. The number of fused-ring (bicyclic) bond motifs is 1. The molecule has 1 atom stereocenters. The molecule has 4 aromatic rings. The first-order valence-corrected chi connectivity index (χ1v) is 9.45. The highest BCUT2D eigenvalue weighted by Gasteiger charge is 2.20. The number of ether oxygens (including phenoxy) is 1. The lowest BCUT2D eigenvalue weighted by molar-refractivity contribution is -0.117. The summed E-state index contributed by atoms with van der Waals surface area (Å²) < 4.78 is 7.11. The number of imidazole rings is 1. The van der Waals surface area contributed by atoms with Crippen LogP contribution in [0.5, 0.6) is 5.75 Å². The number of amides is 1. The third kappa shape index (κ3) is 4.20. The van der Waals surface area contributed by atoms with Gasteiger partial charge in [0.25, 0.3) is 0 Å². The van der Waals surface area contributed by atoms with Gasteiger partial charge in [0.1, 0.15) is 17.6 Å². The van der Waals surface area contributed by atoms with Crippen molar-refractivity contribution in [3.63, 3.8) is 0 Å². The Balaban J connectivity index is 1.56. The number of nitrogens with zero attached hydrogens (tertiary/aromatic N) is 4. The number of carbonyl (C=O) groups excluding carboxylic acids is 1. The van der Waals surface area contributed by atoms with Gasteiger partial charge in [0.15, 0.2) is 0 Å². The summed E-state index contributed by atoms with van der Waals surface area (Å²) >= 11 is 0. The van der Waals surface area contributed by atoms with E-state index in [2.05, 4.69) is 20.3 Å². The summed E-state index contributed by atoms with van der Waals surface area (Å²) in [6, 6.07) is 14.7. The highest BCUT2D eigenvalue weighted by Crippen LogP contribution is 2.23. The van der Waals surface area contributed by atoms with Gasteiger partial charge in [-0.2, -0.15) is 0 Å². The minimum atomic E-state index is -0.407. The van der Waals surface area contributed by atoms with Gasteiger partial charge in [-0.25, -0.2) is 9.97 Å². The molecule has 2 heterocycles. The van der Waals surface area contributed by atoms with E-state index in [1.54, 1.807) is 25.6 Å². The fraction of sp³-hybridized carbons (Fsp3) is 0.130. The maximum Gasteiger partial charge on any atom is 0.244 e. The minimum Gasteiger partial charge on any atom is -0.497 e. The number of rotatable bonds is 6. The molecule has 1 unspecified atom stereocenters. The molecule has 7 heteroatoms. The number of aryl methyl sites for hydroxylation is 1. The van der Waals surface area contributed by atoms with Crippen molar-refractivity contribution >= 4 is 23.0 Å². The first-order chi connectivity index (χ1) is 14.6. The maximum atomic E-state index is 12.7. The Morgan fingerprint density at radius 3 is 2.57 bits per heavy atom. The average Bonchev–Trinajstić information content (AvgIpc) is 3.21. The van der Waals surface area contributed by atoms with Crippen molar-refractivity contribution in [3.05, 3.63) is 90.3 Å². The zero-order chi connectivity index (χ0) is 20.9. The number of para-hydroxylation sites is 2. The Morgan fingerprint density at radius 1 is 1.10 bits per heavy atom. The first-order valence-electron chi connectivity index (χ1n) is 9.45. The van der Waals surface area contributed by atoms with E-state index in [0.29, 0.717) is 5.69 Å². The van der Waals surface area contributed by atoms with Crippen LogP contribution < -0.4 is 10.1 Å². The topological polar surface area (TPSA) is 81.9 Å². The van der Waals surface area contributed by atoms with Gasteiger partial charge in [0.05, 0.1) is 30.0 Å². The molecule has 30 heavy (non-hydrogen) atoms. The van der Waals surface area contributed by atoms with E-state index in [9.17, 15) is 4.79 Å². The molecule has 0 aliphatic heterocycles. The van der Waals surface area contributed by atoms with Crippen LogP contribution >= 0.6 is 0 Å². The zero-order valence-corrected chi connectivity index (χ0v) is 16.7. The summed E-state index contributed by atoms with van der Waals surface area (Å²) in [6.07, 6.45) is 8.30. The lowest BCUT2D eigenvalue weighted by atomic mass is 10.1. The Labute approximate surface area is 174 Å². The van der Waals surface area contributed by atoms with Crippen LogP contribution in [0.2, 0.25) is 0 Å². The van der Waals surface area contributed by atoms with Gasteiger partial charge >= 0.3 is 0 Å². The summed E-state index contributed by atoms with van der Waals surface area (Å²) in [4.78, 5) is 26.0. The number of carbonyl (C=O) groups is 1. The molecule has 2 aromatic carbocycles. The van der Waals surface area contributed by atoms with Crippen LogP contribution in [0.15, 0.2) is 73.2 Å². The molecule has 7 nitrogen and oxygen atoms in total. The highest BCUT2D eigenvalue weighted by molar-refractivity contribution is 5.92. The lowest BCUT2D eigenvalue weighted by Crippen LogP contribution is -2.29. The molecule has 1 amide bonds. The van der Waals surface area contributed by atoms with Gasteiger partial charge in [-0.15, -0.1) is 0 Å². The van der Waals surface area contributed by atoms with E-state index in [4.69, 9.17) is 4.74 Å². The minimum absolute atomic E-state index is 0.256. The van der Waals surface area contributed by atoms with Crippen molar-refractivity contribution in [1.29, 1.82) is 0 Å². The summed E-state index contributed by atoms with van der Waals surface area (Å²) in [5.74, 6) is 1.22. The number of nitrogens with one attached hydrogen (secondary N) is 1. The Hall–Kier alpha value is -4.00. The lowest BCUT2D eigenvalue weighted by Gasteiger charge is -2.18. The van der Waals surface area contributed by atoms with E-state index in [1.165, 1.54) is 6.08 Å². The third-order valence-corrected chi connectivity index (χ3v) is 4.73. The number of benzene rings is 2. The molecular formula is C23H21N5O2. The van der Waals surface area contributed by atoms with Crippen molar-refractivity contribution in [2.75, 3.05) is 7.11 Å². The monoisotopic (exact) mass is 399 g/mol. The standard InChI is InChI=1S/C23H21N5O2/c1-28-14-13-24-23(28)22(16-7-10-18(30-2)11-8-16)27-21(29)12-9-17-15-25-19-5-3-4-6-20(19)26-17/h3-15,22H,1-2H3,(H,27,29)/b12-9+. The van der Waals surface area contributed by atoms with E-state index in [0.717, 1.165) is 28.2 Å². The molecule has 0 bridgehead atoms. The molecule has 0 aliphatic rings. The van der Waals surface area contributed by atoms with Crippen LogP contribution in [0.1, 0.15) is 23.1 Å². The molecule has 0 radical (unpaired) electrons. The fourth-order valence-electron chi connectivity index (χ4n) is 3.15. The third-order valence-electron chi connectivity index (χ3n) is 4.73. The van der Waals surface area contributed by atoms with Crippen LogP contribution in [-0.4, -0.2) is 32.5 Å². The Kier molecular flexibility index (Phi) is 5.52. The van der Waals surface area contributed by atoms with Crippen LogP contribution in [-0.2, 0) is 11.8 Å². The van der Waals surface area contributed by atoms with Crippen molar-refractivity contribution < 1.29 is 9.53 Å². The fourth-order valence-corrected chi connectivity index (χ4v) is 3.15. The summed E-state index contributed by atoms with van der Waals surface area (Å²) in [7, 11) is 3.51. The largest absolute Gasteiger partial charge is 0.497 e. The van der Waals surface area contributed by atoms with Crippen LogP contribution in [0.3, 0.4) is 0 Å². The molecule has 1 N–H and O–H groups in total. The second-order valence-electron chi connectivity index (χ2n) is 6.73. The van der Waals surface area contributed by atoms with Crippen molar-refractivity contribution in [2.45, 2.75) is 6.04 Å². The van der Waals surface area contributed by atoms with E-state index in [-0.39, 0.29) is 5.91 Å². The number of methoxy groups -OCH3 is 1. The zero-order valence-electron chi connectivity index (χ0n) is 16.7. The molecule has 2 aromatic heterocycles. The maximum absolute atomic E-state index is 12.7.